The molecule has 1 aliphatic rings. The van der Waals surface area contributed by atoms with Crippen molar-refractivity contribution in [1.82, 2.24) is 15.2 Å². The molecule has 114 valence electrons. The van der Waals surface area contributed by atoms with E-state index in [0.29, 0.717) is 17.3 Å². The van der Waals surface area contributed by atoms with Crippen molar-refractivity contribution in [1.29, 1.82) is 5.41 Å². The first-order valence-corrected chi connectivity index (χ1v) is 6.79. The number of aryl methyl sites for hydroxylation is 1. The van der Waals surface area contributed by atoms with Gasteiger partial charge in [0.1, 0.15) is 11.6 Å². The van der Waals surface area contributed by atoms with Crippen LogP contribution in [0.25, 0.3) is 0 Å². The summed E-state index contributed by atoms with van der Waals surface area (Å²) in [5.41, 5.74) is 2.82. The molecule has 22 heavy (non-hydrogen) atoms. The molecular formula is C16H19N5O. The SMILES string of the molecule is C=C1C=C(C)N(C)/C(=C(\C=N)C(=O)Nc2ccc(C)cn2)N1. The van der Waals surface area contributed by atoms with E-state index in [1.807, 2.05) is 33.0 Å². The highest BCUT2D eigenvalue weighted by atomic mass is 16.1. The van der Waals surface area contributed by atoms with Gasteiger partial charge in [0.15, 0.2) is 0 Å². The number of allylic oxidation sites excluding steroid dienone is 2. The Balaban J connectivity index is 2.30. The lowest BCUT2D eigenvalue weighted by Crippen LogP contribution is -2.35. The fraction of sp³-hybridized carbons (Fsp3) is 0.188. The second-order valence-electron chi connectivity index (χ2n) is 5.08. The average Bonchev–Trinajstić information content (AvgIpc) is 2.47. The number of aromatic nitrogens is 1. The number of hydrogen-bond donors (Lipinski definition) is 3. The molecule has 0 fully saturated rings. The van der Waals surface area contributed by atoms with E-state index in [0.717, 1.165) is 17.5 Å². The van der Waals surface area contributed by atoms with E-state index in [9.17, 15) is 4.79 Å². The summed E-state index contributed by atoms with van der Waals surface area (Å²) in [6, 6.07) is 3.58. The molecule has 0 unspecified atom stereocenters. The number of amides is 1. The van der Waals surface area contributed by atoms with E-state index < -0.39 is 5.91 Å². The van der Waals surface area contributed by atoms with Crippen LogP contribution in [0.1, 0.15) is 12.5 Å². The van der Waals surface area contributed by atoms with Gasteiger partial charge in [-0.05, 0) is 31.6 Å². The van der Waals surface area contributed by atoms with Gasteiger partial charge in [-0.3, -0.25) is 4.79 Å². The van der Waals surface area contributed by atoms with Crippen molar-refractivity contribution in [2.75, 3.05) is 12.4 Å². The number of anilines is 1. The Morgan fingerprint density at radius 1 is 1.45 bits per heavy atom. The minimum atomic E-state index is -0.400. The molecule has 0 saturated heterocycles. The molecule has 0 saturated carbocycles. The quantitative estimate of drug-likeness (QED) is 0.590. The first kappa shape index (κ1) is 15.5. The normalized spacial score (nSPS) is 16.6. The van der Waals surface area contributed by atoms with Gasteiger partial charge in [-0.15, -0.1) is 0 Å². The van der Waals surface area contributed by atoms with Gasteiger partial charge < -0.3 is 20.9 Å². The van der Waals surface area contributed by atoms with Crippen LogP contribution in [-0.4, -0.2) is 29.1 Å². The lowest BCUT2D eigenvalue weighted by molar-refractivity contribution is -0.112. The zero-order valence-corrected chi connectivity index (χ0v) is 12.9. The number of nitrogens with one attached hydrogen (secondary N) is 3. The number of hydrogen-bond acceptors (Lipinski definition) is 5. The van der Waals surface area contributed by atoms with Gasteiger partial charge in [0.25, 0.3) is 5.91 Å². The second-order valence-corrected chi connectivity index (χ2v) is 5.08. The van der Waals surface area contributed by atoms with Gasteiger partial charge in [0, 0.05) is 30.9 Å². The molecule has 6 nitrogen and oxygen atoms in total. The molecule has 0 radical (unpaired) electrons. The van der Waals surface area contributed by atoms with E-state index >= 15 is 0 Å². The largest absolute Gasteiger partial charge is 0.341 e. The van der Waals surface area contributed by atoms with Crippen LogP contribution in [0.4, 0.5) is 5.82 Å². The fourth-order valence-corrected chi connectivity index (χ4v) is 2.01. The van der Waals surface area contributed by atoms with E-state index in [1.54, 1.807) is 17.2 Å². The molecule has 3 N–H and O–H groups in total. The Bertz CT molecular complexity index is 685. The van der Waals surface area contributed by atoms with Gasteiger partial charge in [-0.1, -0.05) is 12.6 Å². The highest BCUT2D eigenvalue weighted by Gasteiger charge is 2.21. The summed E-state index contributed by atoms with van der Waals surface area (Å²) < 4.78 is 0. The monoisotopic (exact) mass is 297 g/mol. The Labute approximate surface area is 129 Å². The van der Waals surface area contributed by atoms with Crippen LogP contribution in [-0.2, 0) is 4.79 Å². The molecule has 0 aromatic carbocycles. The smallest absolute Gasteiger partial charge is 0.262 e. The summed E-state index contributed by atoms with van der Waals surface area (Å²) in [4.78, 5) is 18.3. The molecule has 0 bridgehead atoms. The van der Waals surface area contributed by atoms with Gasteiger partial charge >= 0.3 is 0 Å². The third-order valence-electron chi connectivity index (χ3n) is 3.32. The summed E-state index contributed by atoms with van der Waals surface area (Å²) in [6.07, 6.45) is 4.56. The van der Waals surface area contributed by atoms with Crippen molar-refractivity contribution in [2.24, 2.45) is 0 Å². The van der Waals surface area contributed by atoms with Crippen LogP contribution >= 0.6 is 0 Å². The molecule has 1 aromatic heterocycles. The number of rotatable bonds is 3. The van der Waals surface area contributed by atoms with Crippen molar-refractivity contribution >= 4 is 17.9 Å². The Kier molecular flexibility index (Phi) is 4.41. The molecule has 1 aliphatic heterocycles. The van der Waals surface area contributed by atoms with Crippen molar-refractivity contribution in [3.8, 4) is 0 Å². The first-order chi connectivity index (χ1) is 10.4. The van der Waals surface area contributed by atoms with E-state index in [4.69, 9.17) is 5.41 Å². The molecule has 1 aromatic rings. The molecule has 0 aliphatic carbocycles. The molecule has 2 heterocycles. The van der Waals surface area contributed by atoms with Crippen LogP contribution in [0.5, 0.6) is 0 Å². The van der Waals surface area contributed by atoms with E-state index in [1.165, 1.54) is 0 Å². The lowest BCUT2D eigenvalue weighted by Gasteiger charge is -2.30. The third-order valence-corrected chi connectivity index (χ3v) is 3.32. The highest BCUT2D eigenvalue weighted by Crippen LogP contribution is 2.19. The maximum absolute atomic E-state index is 12.4. The predicted octanol–water partition coefficient (Wildman–Crippen LogP) is 2.14. The molecule has 6 heteroatoms. The van der Waals surface area contributed by atoms with Crippen LogP contribution in [0, 0.1) is 12.3 Å². The Hall–Kier alpha value is -2.89. The average molecular weight is 297 g/mol. The molecule has 0 atom stereocenters. The van der Waals surface area contributed by atoms with Crippen molar-refractivity contribution < 1.29 is 4.79 Å². The summed E-state index contributed by atoms with van der Waals surface area (Å²) >= 11 is 0. The van der Waals surface area contributed by atoms with Gasteiger partial charge in [0.2, 0.25) is 0 Å². The first-order valence-electron chi connectivity index (χ1n) is 6.79. The lowest BCUT2D eigenvalue weighted by atomic mass is 10.2. The molecule has 0 spiro atoms. The Morgan fingerprint density at radius 2 is 2.18 bits per heavy atom. The summed E-state index contributed by atoms with van der Waals surface area (Å²) in [7, 11) is 1.82. The summed E-state index contributed by atoms with van der Waals surface area (Å²) in [5, 5.41) is 13.3. The zero-order chi connectivity index (χ0) is 16.3. The molecule has 1 amide bonds. The number of pyridine rings is 1. The highest BCUT2D eigenvalue weighted by molar-refractivity contribution is 6.17. The van der Waals surface area contributed by atoms with Gasteiger partial charge in [0.05, 0.1) is 5.57 Å². The third kappa shape index (κ3) is 3.22. The minimum absolute atomic E-state index is 0.207. The van der Waals surface area contributed by atoms with Crippen LogP contribution < -0.4 is 10.6 Å². The van der Waals surface area contributed by atoms with E-state index in [2.05, 4.69) is 22.2 Å². The van der Waals surface area contributed by atoms with Crippen LogP contribution in [0.2, 0.25) is 0 Å². The fourth-order valence-electron chi connectivity index (χ4n) is 2.01. The number of nitrogens with zero attached hydrogens (tertiary/aromatic N) is 2. The van der Waals surface area contributed by atoms with E-state index in [-0.39, 0.29) is 5.57 Å². The number of carbonyl (C=O) groups excluding carboxylic acids is 1. The number of carbonyl (C=O) groups is 1. The van der Waals surface area contributed by atoms with Crippen LogP contribution in [0.3, 0.4) is 0 Å². The molecular weight excluding hydrogens is 278 g/mol. The maximum Gasteiger partial charge on any atom is 0.262 e. The maximum atomic E-state index is 12.4. The van der Waals surface area contributed by atoms with Crippen molar-refractivity contribution in [3.63, 3.8) is 0 Å². The van der Waals surface area contributed by atoms with Crippen molar-refractivity contribution in [2.45, 2.75) is 13.8 Å². The van der Waals surface area contributed by atoms with Crippen molar-refractivity contribution in [3.05, 3.63) is 59.3 Å². The molecule has 2 rings (SSSR count). The summed E-state index contributed by atoms with van der Waals surface area (Å²) in [5.74, 6) is 0.563. The Morgan fingerprint density at radius 3 is 2.77 bits per heavy atom. The summed E-state index contributed by atoms with van der Waals surface area (Å²) in [6.45, 7) is 7.68. The van der Waals surface area contributed by atoms with Gasteiger partial charge in [-0.2, -0.15) is 0 Å². The topological polar surface area (TPSA) is 81.1 Å². The predicted molar refractivity (Wildman–Crippen MR) is 87.2 cm³/mol. The second kappa shape index (κ2) is 6.26. The zero-order valence-electron chi connectivity index (χ0n) is 12.9. The standard InChI is InChI=1S/C16H19N5O/c1-10-5-6-14(18-9-10)20-16(22)13(8-17)15-19-11(2)7-12(3)21(15)4/h5-9,17,19H,2H2,1,3-4H3,(H,18,20,22)/b15-13+,17-8?. The van der Waals surface area contributed by atoms with Gasteiger partial charge in [-0.25, -0.2) is 4.98 Å². The van der Waals surface area contributed by atoms with Crippen LogP contribution in [0.15, 0.2) is 53.8 Å². The minimum Gasteiger partial charge on any atom is -0.341 e.